The molecule has 0 spiro atoms. The van der Waals surface area contributed by atoms with Crippen LogP contribution in [0, 0.1) is 13.8 Å². The minimum absolute atomic E-state index is 0.213. The van der Waals surface area contributed by atoms with Crippen molar-refractivity contribution in [3.63, 3.8) is 0 Å². The van der Waals surface area contributed by atoms with Gasteiger partial charge < -0.3 is 4.74 Å². The number of nitrogens with zero attached hydrogens (tertiary/aromatic N) is 2. The molecule has 0 saturated heterocycles. The first-order valence-corrected chi connectivity index (χ1v) is 6.69. The van der Waals surface area contributed by atoms with Crippen LogP contribution in [0.5, 0.6) is 0 Å². The summed E-state index contributed by atoms with van der Waals surface area (Å²) in [5.74, 6) is -0.761. The molecule has 2 rings (SSSR count). The number of hydrogen-bond acceptors (Lipinski definition) is 4. The topological polar surface area (TPSA) is 61.2 Å². The highest BCUT2D eigenvalue weighted by Gasteiger charge is 2.21. The minimum atomic E-state index is -0.834. The summed E-state index contributed by atoms with van der Waals surface area (Å²) >= 11 is 0. The number of ether oxygens (including phenoxy) is 1. The van der Waals surface area contributed by atoms with Crippen molar-refractivity contribution in [3.05, 3.63) is 52.8 Å². The fraction of sp³-hybridized carbons (Fsp3) is 0.312. The molecule has 0 aliphatic rings. The van der Waals surface area contributed by atoms with Crippen LogP contribution in [0.4, 0.5) is 0 Å². The van der Waals surface area contributed by atoms with E-state index in [4.69, 9.17) is 4.74 Å². The zero-order valence-corrected chi connectivity index (χ0v) is 12.6. The summed E-state index contributed by atoms with van der Waals surface area (Å²) in [5.41, 5.74) is 3.03. The summed E-state index contributed by atoms with van der Waals surface area (Å²) in [6, 6.07) is 5.45. The molecule has 21 heavy (non-hydrogen) atoms. The van der Waals surface area contributed by atoms with Crippen molar-refractivity contribution >= 4 is 11.8 Å². The van der Waals surface area contributed by atoms with Gasteiger partial charge in [-0.1, -0.05) is 12.1 Å². The molecule has 1 aromatic heterocycles. The zero-order chi connectivity index (χ0) is 15.6. The molecule has 0 N–H and O–H groups in total. The van der Waals surface area contributed by atoms with E-state index in [1.165, 1.54) is 10.9 Å². The predicted molar refractivity (Wildman–Crippen MR) is 78.3 cm³/mol. The second kappa shape index (κ2) is 5.91. The average molecular weight is 286 g/mol. The molecule has 2 aromatic rings. The first kappa shape index (κ1) is 15.0. The van der Waals surface area contributed by atoms with Crippen molar-refractivity contribution in [2.45, 2.75) is 26.9 Å². The SMILES string of the molecule is Cc1ccc(C(=O)[C@H](C)OC(=O)c2cnn(C)c2)cc1C. The van der Waals surface area contributed by atoms with Gasteiger partial charge in [-0.15, -0.1) is 0 Å². The van der Waals surface area contributed by atoms with Crippen molar-refractivity contribution in [3.8, 4) is 0 Å². The van der Waals surface area contributed by atoms with Crippen LogP contribution < -0.4 is 0 Å². The number of Topliss-reactive ketones (excluding diaryl/α,β-unsaturated/α-hetero) is 1. The number of carbonyl (C=O) groups excluding carboxylic acids is 2. The third kappa shape index (κ3) is 3.37. The van der Waals surface area contributed by atoms with E-state index in [1.54, 1.807) is 26.2 Å². The van der Waals surface area contributed by atoms with E-state index in [0.29, 0.717) is 11.1 Å². The lowest BCUT2D eigenvalue weighted by molar-refractivity contribution is 0.0318. The van der Waals surface area contributed by atoms with Gasteiger partial charge in [0.1, 0.15) is 0 Å². The van der Waals surface area contributed by atoms with E-state index in [9.17, 15) is 9.59 Å². The molecule has 0 saturated carbocycles. The molecule has 5 heteroatoms. The van der Waals surface area contributed by atoms with Crippen molar-refractivity contribution in [1.82, 2.24) is 9.78 Å². The van der Waals surface area contributed by atoms with E-state index in [2.05, 4.69) is 5.10 Å². The zero-order valence-electron chi connectivity index (χ0n) is 12.6. The molecule has 5 nitrogen and oxygen atoms in total. The Morgan fingerprint density at radius 1 is 1.19 bits per heavy atom. The van der Waals surface area contributed by atoms with Gasteiger partial charge in [0.2, 0.25) is 5.78 Å². The van der Waals surface area contributed by atoms with E-state index < -0.39 is 12.1 Å². The standard InChI is InChI=1S/C16H18N2O3/c1-10-5-6-13(7-11(10)2)15(19)12(3)21-16(20)14-8-17-18(4)9-14/h5-9,12H,1-4H3/t12-/m0/s1. The summed E-state index contributed by atoms with van der Waals surface area (Å²) in [6.07, 6.45) is 2.13. The normalized spacial score (nSPS) is 12.0. The van der Waals surface area contributed by atoms with Gasteiger partial charge in [-0.25, -0.2) is 4.79 Å². The van der Waals surface area contributed by atoms with Crippen LogP contribution in [-0.2, 0) is 11.8 Å². The number of benzene rings is 1. The van der Waals surface area contributed by atoms with Crippen LogP contribution in [0.1, 0.15) is 38.8 Å². The Morgan fingerprint density at radius 2 is 1.90 bits per heavy atom. The Morgan fingerprint density at radius 3 is 2.48 bits per heavy atom. The third-order valence-electron chi connectivity index (χ3n) is 3.39. The second-order valence-electron chi connectivity index (χ2n) is 5.11. The number of aromatic nitrogens is 2. The van der Waals surface area contributed by atoms with Crippen LogP contribution in [0.15, 0.2) is 30.6 Å². The highest BCUT2D eigenvalue weighted by molar-refractivity contribution is 6.01. The molecule has 0 aliphatic heterocycles. The largest absolute Gasteiger partial charge is 0.451 e. The molecule has 0 amide bonds. The number of hydrogen-bond donors (Lipinski definition) is 0. The Kier molecular flexibility index (Phi) is 4.21. The van der Waals surface area contributed by atoms with Gasteiger partial charge in [0.05, 0.1) is 11.8 Å². The molecular weight excluding hydrogens is 268 g/mol. The Labute approximate surface area is 123 Å². The maximum Gasteiger partial charge on any atom is 0.342 e. The number of esters is 1. The number of aryl methyl sites for hydroxylation is 3. The average Bonchev–Trinajstić information content (AvgIpc) is 2.87. The molecule has 0 radical (unpaired) electrons. The lowest BCUT2D eigenvalue weighted by Gasteiger charge is -2.12. The van der Waals surface area contributed by atoms with Crippen LogP contribution in [0.2, 0.25) is 0 Å². The van der Waals surface area contributed by atoms with Crippen LogP contribution in [-0.4, -0.2) is 27.6 Å². The fourth-order valence-corrected chi connectivity index (χ4v) is 1.94. The number of ketones is 1. The molecule has 0 bridgehead atoms. The molecule has 0 fully saturated rings. The second-order valence-corrected chi connectivity index (χ2v) is 5.11. The van der Waals surface area contributed by atoms with Gasteiger partial charge >= 0.3 is 5.97 Å². The van der Waals surface area contributed by atoms with Crippen LogP contribution >= 0.6 is 0 Å². The summed E-state index contributed by atoms with van der Waals surface area (Å²) in [5, 5.41) is 3.90. The quantitative estimate of drug-likeness (QED) is 0.640. The van der Waals surface area contributed by atoms with Gasteiger partial charge in [0.15, 0.2) is 6.10 Å². The monoisotopic (exact) mass is 286 g/mol. The maximum atomic E-state index is 12.3. The van der Waals surface area contributed by atoms with Crippen LogP contribution in [0.3, 0.4) is 0 Å². The van der Waals surface area contributed by atoms with Gasteiger partial charge in [-0.05, 0) is 38.0 Å². The predicted octanol–water partition coefficient (Wildman–Crippen LogP) is 2.47. The highest BCUT2D eigenvalue weighted by atomic mass is 16.5. The molecule has 1 aromatic carbocycles. The third-order valence-corrected chi connectivity index (χ3v) is 3.39. The van der Waals surface area contributed by atoms with Gasteiger partial charge in [0.25, 0.3) is 0 Å². The summed E-state index contributed by atoms with van der Waals surface area (Å²) in [7, 11) is 1.71. The number of carbonyl (C=O) groups is 2. The Balaban J connectivity index is 2.08. The molecular formula is C16H18N2O3. The first-order chi connectivity index (χ1) is 9.88. The summed E-state index contributed by atoms with van der Waals surface area (Å²) in [4.78, 5) is 24.2. The Bertz CT molecular complexity index is 689. The highest BCUT2D eigenvalue weighted by Crippen LogP contribution is 2.14. The van der Waals surface area contributed by atoms with Crippen LogP contribution in [0.25, 0.3) is 0 Å². The van der Waals surface area contributed by atoms with E-state index >= 15 is 0 Å². The van der Waals surface area contributed by atoms with Crippen molar-refractivity contribution in [2.75, 3.05) is 0 Å². The molecule has 110 valence electrons. The van der Waals surface area contributed by atoms with Gasteiger partial charge in [-0.3, -0.25) is 9.48 Å². The molecule has 0 unspecified atom stereocenters. The Hall–Kier alpha value is -2.43. The van der Waals surface area contributed by atoms with Crippen molar-refractivity contribution < 1.29 is 14.3 Å². The molecule has 1 atom stereocenters. The lowest BCUT2D eigenvalue weighted by atomic mass is 10.0. The number of rotatable bonds is 4. The molecule has 1 heterocycles. The minimum Gasteiger partial charge on any atom is -0.451 e. The lowest BCUT2D eigenvalue weighted by Crippen LogP contribution is -2.24. The van der Waals surface area contributed by atoms with E-state index in [-0.39, 0.29) is 5.78 Å². The maximum absolute atomic E-state index is 12.3. The first-order valence-electron chi connectivity index (χ1n) is 6.69. The van der Waals surface area contributed by atoms with E-state index in [0.717, 1.165) is 11.1 Å². The van der Waals surface area contributed by atoms with Crippen molar-refractivity contribution in [1.29, 1.82) is 0 Å². The summed E-state index contributed by atoms with van der Waals surface area (Å²) < 4.78 is 6.70. The smallest absolute Gasteiger partial charge is 0.342 e. The van der Waals surface area contributed by atoms with Gasteiger partial charge in [0, 0.05) is 18.8 Å². The molecule has 0 aliphatic carbocycles. The van der Waals surface area contributed by atoms with Crippen molar-refractivity contribution in [2.24, 2.45) is 7.05 Å². The van der Waals surface area contributed by atoms with Gasteiger partial charge in [-0.2, -0.15) is 5.10 Å². The fourth-order valence-electron chi connectivity index (χ4n) is 1.94. The van der Waals surface area contributed by atoms with E-state index in [1.807, 2.05) is 26.0 Å². The summed E-state index contributed by atoms with van der Waals surface area (Å²) in [6.45, 7) is 5.50.